The number of nitrogens with zero attached hydrogens (tertiary/aromatic N) is 2. The number of amides is 1. The lowest BCUT2D eigenvalue weighted by molar-refractivity contribution is 0.0634. The van der Waals surface area contributed by atoms with E-state index in [0.717, 1.165) is 18.7 Å². The number of aromatic nitrogens is 1. The van der Waals surface area contributed by atoms with E-state index in [0.29, 0.717) is 17.1 Å². The van der Waals surface area contributed by atoms with Crippen LogP contribution in [0.25, 0.3) is 0 Å². The van der Waals surface area contributed by atoms with Crippen molar-refractivity contribution in [2.45, 2.75) is 6.04 Å². The van der Waals surface area contributed by atoms with Crippen LogP contribution in [0.1, 0.15) is 22.0 Å². The summed E-state index contributed by atoms with van der Waals surface area (Å²) in [5, 5.41) is 4.03. The topological polar surface area (TPSA) is 45.2 Å². The minimum absolute atomic E-state index is 0.00175. The molecule has 4 nitrogen and oxygen atoms in total. The van der Waals surface area contributed by atoms with E-state index in [9.17, 15) is 4.79 Å². The zero-order valence-electron chi connectivity index (χ0n) is 11.5. The summed E-state index contributed by atoms with van der Waals surface area (Å²) < 4.78 is 0. The highest BCUT2D eigenvalue weighted by molar-refractivity contribution is 6.30. The Bertz CT molecular complexity index is 632. The average molecular weight is 302 g/mol. The van der Waals surface area contributed by atoms with Gasteiger partial charge in [-0.15, -0.1) is 0 Å². The molecule has 1 aromatic carbocycles. The predicted octanol–water partition coefficient (Wildman–Crippen LogP) is 2.52. The number of halogens is 1. The molecule has 1 atom stereocenters. The monoisotopic (exact) mass is 301 g/mol. The molecule has 1 aliphatic heterocycles. The zero-order valence-corrected chi connectivity index (χ0v) is 12.3. The number of benzene rings is 1. The second kappa shape index (κ2) is 6.24. The molecule has 108 valence electrons. The van der Waals surface area contributed by atoms with Crippen LogP contribution in [-0.4, -0.2) is 35.4 Å². The summed E-state index contributed by atoms with van der Waals surface area (Å²) in [4.78, 5) is 18.6. The Kier molecular flexibility index (Phi) is 4.18. The molecule has 1 saturated heterocycles. The van der Waals surface area contributed by atoms with Gasteiger partial charge in [-0.3, -0.25) is 9.78 Å². The number of carbonyl (C=O) groups excluding carboxylic acids is 1. The van der Waals surface area contributed by atoms with E-state index < -0.39 is 0 Å². The van der Waals surface area contributed by atoms with Crippen LogP contribution in [0.3, 0.4) is 0 Å². The van der Waals surface area contributed by atoms with Gasteiger partial charge >= 0.3 is 0 Å². The first-order chi connectivity index (χ1) is 10.3. The number of pyridine rings is 1. The Balaban J connectivity index is 1.90. The van der Waals surface area contributed by atoms with Crippen LogP contribution in [0.2, 0.25) is 5.02 Å². The predicted molar refractivity (Wildman–Crippen MR) is 82.3 cm³/mol. The third-order valence-corrected chi connectivity index (χ3v) is 3.90. The second-order valence-electron chi connectivity index (χ2n) is 5.01. The molecular weight excluding hydrogens is 286 g/mol. The van der Waals surface area contributed by atoms with Gasteiger partial charge in [0.2, 0.25) is 0 Å². The van der Waals surface area contributed by atoms with E-state index in [1.54, 1.807) is 24.5 Å². The van der Waals surface area contributed by atoms with Crippen LogP contribution in [0.15, 0.2) is 48.8 Å². The molecule has 1 N–H and O–H groups in total. The fourth-order valence-electron chi connectivity index (χ4n) is 2.62. The Hall–Kier alpha value is -1.91. The summed E-state index contributed by atoms with van der Waals surface area (Å²) in [5.74, 6) is 0.0314. The molecule has 1 aliphatic rings. The molecule has 2 heterocycles. The third kappa shape index (κ3) is 3.06. The lowest BCUT2D eigenvalue weighted by atomic mass is 10.0. The summed E-state index contributed by atoms with van der Waals surface area (Å²) >= 11 is 6.08. The van der Waals surface area contributed by atoms with Crippen molar-refractivity contribution in [1.29, 1.82) is 0 Å². The summed E-state index contributed by atoms with van der Waals surface area (Å²) in [6, 6.07) is 11.2. The van der Waals surface area contributed by atoms with E-state index in [1.165, 1.54) is 0 Å². The summed E-state index contributed by atoms with van der Waals surface area (Å²) in [6.07, 6.45) is 3.29. The maximum Gasteiger partial charge on any atom is 0.254 e. The smallest absolute Gasteiger partial charge is 0.254 e. The van der Waals surface area contributed by atoms with Crippen molar-refractivity contribution < 1.29 is 4.79 Å². The highest BCUT2D eigenvalue weighted by atomic mass is 35.5. The van der Waals surface area contributed by atoms with Gasteiger partial charge in [0.25, 0.3) is 5.91 Å². The van der Waals surface area contributed by atoms with Crippen molar-refractivity contribution in [3.8, 4) is 0 Å². The lowest BCUT2D eigenvalue weighted by Gasteiger charge is -2.36. The molecule has 0 bridgehead atoms. The fraction of sp³-hybridized carbons (Fsp3) is 0.250. The van der Waals surface area contributed by atoms with Crippen LogP contribution in [0.5, 0.6) is 0 Å². The van der Waals surface area contributed by atoms with Crippen molar-refractivity contribution in [3.05, 3.63) is 64.9 Å². The molecule has 1 unspecified atom stereocenters. The van der Waals surface area contributed by atoms with Crippen LogP contribution < -0.4 is 5.32 Å². The van der Waals surface area contributed by atoms with Crippen LogP contribution in [0.4, 0.5) is 0 Å². The van der Waals surface area contributed by atoms with E-state index in [-0.39, 0.29) is 11.9 Å². The lowest BCUT2D eigenvalue weighted by Crippen LogP contribution is -2.48. The number of nitrogens with one attached hydrogen (secondary N) is 1. The van der Waals surface area contributed by atoms with E-state index in [2.05, 4.69) is 10.3 Å². The van der Waals surface area contributed by atoms with Gasteiger partial charge in [-0.1, -0.05) is 23.7 Å². The first kappa shape index (κ1) is 14.0. The summed E-state index contributed by atoms with van der Waals surface area (Å²) in [6.45, 7) is 2.21. The minimum Gasteiger partial charge on any atom is -0.329 e. The standard InChI is InChI=1S/C16H16ClN3O/c17-14-3-1-2-13(10-14)15-11-19-8-9-20(15)16(21)12-4-6-18-7-5-12/h1-7,10,15,19H,8-9,11H2. The molecule has 0 saturated carbocycles. The van der Waals surface area contributed by atoms with Crippen molar-refractivity contribution in [2.75, 3.05) is 19.6 Å². The Labute approximate surface area is 128 Å². The van der Waals surface area contributed by atoms with Crippen molar-refractivity contribution in [2.24, 2.45) is 0 Å². The number of hydrogen-bond donors (Lipinski definition) is 1. The van der Waals surface area contributed by atoms with Crippen molar-refractivity contribution in [3.63, 3.8) is 0 Å². The van der Waals surface area contributed by atoms with Gasteiger partial charge in [0.05, 0.1) is 6.04 Å². The first-order valence-corrected chi connectivity index (χ1v) is 7.30. The largest absolute Gasteiger partial charge is 0.329 e. The number of hydrogen-bond acceptors (Lipinski definition) is 3. The van der Waals surface area contributed by atoms with E-state index in [4.69, 9.17) is 11.6 Å². The molecule has 0 aliphatic carbocycles. The SMILES string of the molecule is O=C(c1ccncc1)N1CCNCC1c1cccc(Cl)c1. The number of piperazine rings is 1. The molecule has 21 heavy (non-hydrogen) atoms. The normalized spacial score (nSPS) is 18.5. The van der Waals surface area contributed by atoms with Crippen LogP contribution in [-0.2, 0) is 0 Å². The van der Waals surface area contributed by atoms with Crippen molar-refractivity contribution >= 4 is 17.5 Å². The Morgan fingerprint density at radius 2 is 2.10 bits per heavy atom. The molecular formula is C16H16ClN3O. The van der Waals surface area contributed by atoms with Gasteiger partial charge < -0.3 is 10.2 Å². The fourth-order valence-corrected chi connectivity index (χ4v) is 2.82. The van der Waals surface area contributed by atoms with E-state index in [1.807, 2.05) is 29.2 Å². The summed E-state index contributed by atoms with van der Waals surface area (Å²) in [5.41, 5.74) is 1.72. The Morgan fingerprint density at radius 1 is 1.29 bits per heavy atom. The van der Waals surface area contributed by atoms with Crippen molar-refractivity contribution in [1.82, 2.24) is 15.2 Å². The molecule has 1 aromatic heterocycles. The highest BCUT2D eigenvalue weighted by Gasteiger charge is 2.28. The number of rotatable bonds is 2. The zero-order chi connectivity index (χ0) is 14.7. The van der Waals surface area contributed by atoms with Gasteiger partial charge in [0.1, 0.15) is 0 Å². The van der Waals surface area contributed by atoms with Gasteiger partial charge in [-0.05, 0) is 29.8 Å². The first-order valence-electron chi connectivity index (χ1n) is 6.93. The van der Waals surface area contributed by atoms with Crippen LogP contribution in [0, 0.1) is 0 Å². The maximum atomic E-state index is 12.7. The number of carbonyl (C=O) groups is 1. The minimum atomic E-state index is -0.00175. The highest BCUT2D eigenvalue weighted by Crippen LogP contribution is 2.26. The second-order valence-corrected chi connectivity index (χ2v) is 5.45. The molecule has 0 spiro atoms. The van der Waals surface area contributed by atoms with Gasteiger partial charge in [0.15, 0.2) is 0 Å². The summed E-state index contributed by atoms with van der Waals surface area (Å²) in [7, 11) is 0. The van der Waals surface area contributed by atoms with Gasteiger partial charge in [0, 0.05) is 42.6 Å². The molecule has 1 amide bonds. The molecule has 3 rings (SSSR count). The molecule has 0 radical (unpaired) electrons. The van der Waals surface area contributed by atoms with Gasteiger partial charge in [-0.25, -0.2) is 0 Å². The third-order valence-electron chi connectivity index (χ3n) is 3.66. The molecule has 2 aromatic rings. The molecule has 5 heteroatoms. The average Bonchev–Trinajstić information content (AvgIpc) is 2.55. The van der Waals surface area contributed by atoms with Crippen LogP contribution >= 0.6 is 11.6 Å². The Morgan fingerprint density at radius 3 is 2.86 bits per heavy atom. The van der Waals surface area contributed by atoms with Gasteiger partial charge in [-0.2, -0.15) is 0 Å². The van der Waals surface area contributed by atoms with E-state index >= 15 is 0 Å². The maximum absolute atomic E-state index is 12.7. The quantitative estimate of drug-likeness (QED) is 0.927. The molecule has 1 fully saturated rings.